The van der Waals surface area contributed by atoms with Gasteiger partial charge in [-0.15, -0.1) is 0 Å². The topological polar surface area (TPSA) is 119 Å². The quantitative estimate of drug-likeness (QED) is 0.477. The summed E-state index contributed by atoms with van der Waals surface area (Å²) in [5.41, 5.74) is 4.99. The number of nitrogens with two attached hydrogens (primary N) is 1. The highest BCUT2D eigenvalue weighted by Gasteiger charge is 2.46. The van der Waals surface area contributed by atoms with Crippen LogP contribution < -0.4 is 5.73 Å². The van der Waals surface area contributed by atoms with Crippen molar-refractivity contribution in [2.24, 2.45) is 5.73 Å². The van der Waals surface area contributed by atoms with Crippen molar-refractivity contribution in [3.63, 3.8) is 0 Å². The molecule has 0 aromatic carbocycles. The van der Waals surface area contributed by atoms with Crippen molar-refractivity contribution >= 4 is 16.1 Å². The van der Waals surface area contributed by atoms with Gasteiger partial charge in [0.15, 0.2) is 11.0 Å². The molecule has 19 heavy (non-hydrogen) atoms. The van der Waals surface area contributed by atoms with Gasteiger partial charge in [-0.1, -0.05) is 0 Å². The van der Waals surface area contributed by atoms with Crippen LogP contribution in [0.1, 0.15) is 6.92 Å². The zero-order valence-electron chi connectivity index (χ0n) is 10.6. The van der Waals surface area contributed by atoms with Crippen LogP contribution in [0.4, 0.5) is 0 Å². The fraction of sp³-hybridized carbons (Fsp3) is 0.600. The maximum atomic E-state index is 11.4. The van der Waals surface area contributed by atoms with Crippen molar-refractivity contribution in [3.8, 4) is 0 Å². The number of hydrogen-bond acceptors (Lipinski definition) is 7. The molecule has 0 aromatic heterocycles. The molecular formula is C10H16N2O6S. The molecule has 1 atom stereocenters. The Balaban J connectivity index is 3.33. The summed E-state index contributed by atoms with van der Waals surface area (Å²) in [6.07, 6.45) is 0. The number of nitrogens with zero attached hydrogens (tertiary/aromatic N) is 1. The molecule has 0 bridgehead atoms. The molecular weight excluding hydrogens is 276 g/mol. The van der Waals surface area contributed by atoms with E-state index in [2.05, 4.69) is 0 Å². The highest BCUT2D eigenvalue weighted by Crippen LogP contribution is 2.34. The lowest BCUT2D eigenvalue weighted by atomic mass is 10.3. The van der Waals surface area contributed by atoms with E-state index in [9.17, 15) is 17.8 Å². The molecule has 0 fully saturated rings. The van der Waals surface area contributed by atoms with Gasteiger partial charge in [-0.3, -0.25) is 4.55 Å². The Morgan fingerprint density at radius 3 is 2.53 bits per heavy atom. The minimum Gasteiger partial charge on any atom is -0.489 e. The van der Waals surface area contributed by atoms with E-state index in [1.165, 1.54) is 17.9 Å². The molecule has 0 aliphatic carbocycles. The first-order valence-corrected chi connectivity index (χ1v) is 7.03. The number of rotatable bonds is 6. The van der Waals surface area contributed by atoms with E-state index >= 15 is 0 Å². The molecule has 0 amide bonds. The monoisotopic (exact) mass is 292 g/mol. The summed E-state index contributed by atoms with van der Waals surface area (Å²) in [7, 11) is -3.15. The van der Waals surface area contributed by atoms with Gasteiger partial charge in [-0.2, -0.15) is 8.42 Å². The maximum absolute atomic E-state index is 11.4. The van der Waals surface area contributed by atoms with Crippen LogP contribution in [0.15, 0.2) is 17.3 Å². The van der Waals surface area contributed by atoms with Crippen LogP contribution in [0.5, 0.6) is 0 Å². The van der Waals surface area contributed by atoms with Crippen LogP contribution in [0.2, 0.25) is 0 Å². The van der Waals surface area contributed by atoms with Gasteiger partial charge in [0.2, 0.25) is 5.88 Å². The van der Waals surface area contributed by atoms with Gasteiger partial charge in [-0.05, 0) is 6.92 Å². The fourth-order valence-electron chi connectivity index (χ4n) is 1.70. The van der Waals surface area contributed by atoms with Crippen molar-refractivity contribution in [1.82, 2.24) is 4.90 Å². The summed E-state index contributed by atoms with van der Waals surface area (Å²) in [6, 6.07) is 0. The van der Waals surface area contributed by atoms with E-state index in [4.69, 9.17) is 15.2 Å². The van der Waals surface area contributed by atoms with Crippen LogP contribution in [0.3, 0.4) is 0 Å². The highest BCUT2D eigenvalue weighted by molar-refractivity contribution is 7.86. The summed E-state index contributed by atoms with van der Waals surface area (Å²) in [6.45, 7) is 2.09. The molecule has 8 nitrogen and oxygen atoms in total. The van der Waals surface area contributed by atoms with Gasteiger partial charge in [0, 0.05) is 13.6 Å². The van der Waals surface area contributed by atoms with Crippen molar-refractivity contribution in [2.45, 2.75) is 12.2 Å². The lowest BCUT2D eigenvalue weighted by Crippen LogP contribution is -2.27. The summed E-state index contributed by atoms with van der Waals surface area (Å²) >= 11 is 0. The van der Waals surface area contributed by atoms with E-state index in [0.29, 0.717) is 0 Å². The molecule has 1 unspecified atom stereocenters. The normalized spacial score (nSPS) is 19.7. The first-order chi connectivity index (χ1) is 8.88. The Morgan fingerprint density at radius 2 is 2.11 bits per heavy atom. The third-order valence-corrected chi connectivity index (χ3v) is 3.46. The largest absolute Gasteiger partial charge is 0.489 e. The van der Waals surface area contributed by atoms with E-state index in [-0.39, 0.29) is 37.1 Å². The van der Waals surface area contributed by atoms with E-state index < -0.39 is 15.4 Å². The van der Waals surface area contributed by atoms with Gasteiger partial charge in [0.25, 0.3) is 10.1 Å². The van der Waals surface area contributed by atoms with Crippen LogP contribution in [-0.2, 0) is 24.4 Å². The molecule has 1 aliphatic rings. The lowest BCUT2D eigenvalue weighted by molar-refractivity contribution is 0.130. The SMILES string of the molecule is CCOC1=C(OCCN)C(S(=O)(=O)O)C(=C=O)N1C. The van der Waals surface area contributed by atoms with Gasteiger partial charge in [0.1, 0.15) is 18.2 Å². The third kappa shape index (κ3) is 3.07. The molecule has 9 heteroatoms. The Hall–Kier alpha value is -1.54. The Bertz CT molecular complexity index is 520. The molecule has 1 aliphatic heterocycles. The van der Waals surface area contributed by atoms with Crippen molar-refractivity contribution in [2.75, 3.05) is 26.8 Å². The summed E-state index contributed by atoms with van der Waals surface area (Å²) in [4.78, 5) is 12.1. The van der Waals surface area contributed by atoms with Crippen molar-refractivity contribution in [1.29, 1.82) is 0 Å². The molecule has 0 aromatic rings. The molecule has 0 radical (unpaired) electrons. The highest BCUT2D eigenvalue weighted by atomic mass is 32.2. The Labute approximate surface area is 111 Å². The predicted octanol–water partition coefficient (Wildman–Crippen LogP) is -0.915. The molecule has 3 N–H and O–H groups in total. The van der Waals surface area contributed by atoms with Gasteiger partial charge >= 0.3 is 0 Å². The predicted molar refractivity (Wildman–Crippen MR) is 66.0 cm³/mol. The van der Waals surface area contributed by atoms with Crippen LogP contribution in [0.25, 0.3) is 0 Å². The second-order valence-electron chi connectivity index (χ2n) is 3.68. The zero-order chi connectivity index (χ0) is 14.6. The second kappa shape index (κ2) is 6.07. The number of ether oxygens (including phenoxy) is 2. The Kier molecular flexibility index (Phi) is 4.96. The van der Waals surface area contributed by atoms with Gasteiger partial charge in [0.05, 0.1) is 6.61 Å². The first kappa shape index (κ1) is 15.5. The summed E-state index contributed by atoms with van der Waals surface area (Å²) in [5.74, 6) is 1.38. The summed E-state index contributed by atoms with van der Waals surface area (Å²) < 4.78 is 42.5. The average Bonchev–Trinajstić information content (AvgIpc) is 2.60. The van der Waals surface area contributed by atoms with Crippen molar-refractivity contribution in [3.05, 3.63) is 17.3 Å². The van der Waals surface area contributed by atoms with E-state index in [0.717, 1.165) is 0 Å². The third-order valence-electron chi connectivity index (χ3n) is 2.42. The molecule has 108 valence electrons. The number of carbonyl (C=O) groups excluding carboxylic acids is 1. The molecule has 1 rings (SSSR count). The Morgan fingerprint density at radius 1 is 1.47 bits per heavy atom. The standard InChI is InChI=1S/C10H16N2O6S/c1-3-17-10-8(18-5-4-11)9(19(14,15)16)7(6-13)12(10)2/h9H,3-5,11H2,1-2H3,(H,14,15,16). The minimum atomic E-state index is -4.57. The average molecular weight is 292 g/mol. The number of hydrogen-bond donors (Lipinski definition) is 2. The molecule has 0 saturated carbocycles. The maximum Gasteiger partial charge on any atom is 0.281 e. The molecule has 0 saturated heterocycles. The first-order valence-electron chi connectivity index (χ1n) is 5.53. The molecule has 1 heterocycles. The summed E-state index contributed by atoms with van der Waals surface area (Å²) in [5, 5.41) is -1.64. The van der Waals surface area contributed by atoms with E-state index in [1.54, 1.807) is 6.92 Å². The van der Waals surface area contributed by atoms with Crippen LogP contribution in [0, 0.1) is 0 Å². The second-order valence-corrected chi connectivity index (χ2v) is 5.18. The zero-order valence-corrected chi connectivity index (χ0v) is 11.4. The van der Waals surface area contributed by atoms with Gasteiger partial charge in [-0.25, -0.2) is 4.79 Å². The fourth-order valence-corrected chi connectivity index (χ4v) is 2.62. The van der Waals surface area contributed by atoms with Crippen molar-refractivity contribution < 1.29 is 27.2 Å². The van der Waals surface area contributed by atoms with E-state index in [1.807, 2.05) is 0 Å². The lowest BCUT2D eigenvalue weighted by Gasteiger charge is -2.15. The minimum absolute atomic E-state index is 0.0257. The molecule has 0 spiro atoms. The van der Waals surface area contributed by atoms with Gasteiger partial charge < -0.3 is 20.1 Å². The van der Waals surface area contributed by atoms with Crippen LogP contribution >= 0.6 is 0 Å². The van der Waals surface area contributed by atoms with Crippen LogP contribution in [-0.4, -0.2) is 55.9 Å². The smallest absolute Gasteiger partial charge is 0.281 e.